The summed E-state index contributed by atoms with van der Waals surface area (Å²) in [6.07, 6.45) is 0. The lowest BCUT2D eigenvalue weighted by molar-refractivity contribution is -0.140. The second-order valence-corrected chi connectivity index (χ2v) is 6.56. The fourth-order valence-electron chi connectivity index (χ4n) is 2.94. The summed E-state index contributed by atoms with van der Waals surface area (Å²) in [6, 6.07) is 10.9. The highest BCUT2D eigenvalue weighted by atomic mass is 16.5. The number of anilines is 2. The van der Waals surface area contributed by atoms with E-state index in [2.05, 4.69) is 5.32 Å². The molecule has 0 atom stereocenters. The number of benzene rings is 2. The first-order valence-corrected chi connectivity index (χ1v) is 9.12. The number of nitrogens with one attached hydrogen (secondary N) is 1. The molecule has 1 aliphatic rings. The van der Waals surface area contributed by atoms with Crippen LogP contribution in [-0.2, 0) is 14.4 Å². The van der Waals surface area contributed by atoms with Crippen molar-refractivity contribution in [1.82, 2.24) is 4.90 Å². The number of para-hydroxylation sites is 2. The molecule has 0 unspecified atom stereocenters. The van der Waals surface area contributed by atoms with Crippen LogP contribution < -0.4 is 15.0 Å². The number of rotatable bonds is 6. The number of carbonyl (C=O) groups excluding carboxylic acids is 4. The van der Waals surface area contributed by atoms with E-state index in [1.54, 1.807) is 37.3 Å². The molecule has 8 nitrogen and oxygen atoms in total. The van der Waals surface area contributed by atoms with Crippen molar-refractivity contribution in [2.24, 2.45) is 0 Å². The smallest absolute Gasteiger partial charge is 0.339 e. The summed E-state index contributed by atoms with van der Waals surface area (Å²) in [7, 11) is 0. The van der Waals surface area contributed by atoms with Crippen LogP contribution in [0.2, 0.25) is 0 Å². The number of imide groups is 2. The van der Waals surface area contributed by atoms with Gasteiger partial charge in [0, 0.05) is 5.69 Å². The van der Waals surface area contributed by atoms with E-state index in [9.17, 15) is 19.2 Å². The molecule has 0 saturated carbocycles. The summed E-state index contributed by atoms with van der Waals surface area (Å²) in [5, 5.41) is 2.64. The molecule has 2 aromatic carbocycles. The van der Waals surface area contributed by atoms with Crippen molar-refractivity contribution in [2.45, 2.75) is 20.8 Å². The Labute approximate surface area is 168 Å². The van der Waals surface area contributed by atoms with Crippen LogP contribution in [-0.4, -0.2) is 41.8 Å². The van der Waals surface area contributed by atoms with Gasteiger partial charge in [-0.1, -0.05) is 18.2 Å². The molecule has 29 heavy (non-hydrogen) atoms. The van der Waals surface area contributed by atoms with Crippen LogP contribution in [0, 0.1) is 13.8 Å². The van der Waals surface area contributed by atoms with Crippen LogP contribution in [0.3, 0.4) is 0 Å². The first-order chi connectivity index (χ1) is 13.8. The van der Waals surface area contributed by atoms with Gasteiger partial charge in [0.1, 0.15) is 12.3 Å². The third kappa shape index (κ3) is 3.96. The summed E-state index contributed by atoms with van der Waals surface area (Å²) in [6.45, 7) is 5.37. The van der Waals surface area contributed by atoms with E-state index in [1.165, 1.54) is 6.07 Å². The predicted molar refractivity (Wildman–Crippen MR) is 107 cm³/mol. The van der Waals surface area contributed by atoms with Gasteiger partial charge >= 0.3 is 17.8 Å². The molecule has 8 heteroatoms. The second kappa shape index (κ2) is 8.14. The topological polar surface area (TPSA) is 96.0 Å². The van der Waals surface area contributed by atoms with Gasteiger partial charge in [-0.15, -0.1) is 0 Å². The molecule has 1 fully saturated rings. The number of urea groups is 1. The SMILES string of the molecule is CCOc1ccccc1N1C(=O)C(=O)N(CC(=O)Nc2ccc(C)c(C)c2)C1=O. The molecule has 0 bridgehead atoms. The highest BCUT2D eigenvalue weighted by Gasteiger charge is 2.47. The molecule has 0 aliphatic carbocycles. The Kier molecular flexibility index (Phi) is 5.63. The Hall–Kier alpha value is -3.68. The van der Waals surface area contributed by atoms with Crippen molar-refractivity contribution >= 4 is 35.1 Å². The summed E-state index contributed by atoms with van der Waals surface area (Å²) >= 11 is 0. The fraction of sp³-hybridized carbons (Fsp3) is 0.238. The number of carbonyl (C=O) groups is 4. The van der Waals surface area contributed by atoms with Gasteiger partial charge in [-0.05, 0) is 56.2 Å². The van der Waals surface area contributed by atoms with E-state index in [0.717, 1.165) is 16.0 Å². The Morgan fingerprint density at radius 2 is 1.72 bits per heavy atom. The Morgan fingerprint density at radius 3 is 2.41 bits per heavy atom. The van der Waals surface area contributed by atoms with Crippen molar-refractivity contribution in [3.63, 3.8) is 0 Å². The standard InChI is InChI=1S/C21H21N3O5/c1-4-29-17-8-6-5-7-16(17)24-20(27)19(26)23(21(24)28)12-18(25)22-15-10-9-13(2)14(3)11-15/h5-11H,4,12H2,1-3H3,(H,22,25). The number of amides is 5. The number of ether oxygens (including phenoxy) is 1. The highest BCUT2D eigenvalue weighted by Crippen LogP contribution is 2.31. The molecule has 3 rings (SSSR count). The Bertz CT molecular complexity index is 1000. The lowest BCUT2D eigenvalue weighted by Crippen LogP contribution is -2.39. The van der Waals surface area contributed by atoms with E-state index in [0.29, 0.717) is 22.9 Å². The summed E-state index contributed by atoms with van der Waals surface area (Å²) < 4.78 is 5.44. The van der Waals surface area contributed by atoms with Crippen molar-refractivity contribution in [3.8, 4) is 5.75 Å². The van der Waals surface area contributed by atoms with Crippen molar-refractivity contribution in [1.29, 1.82) is 0 Å². The predicted octanol–water partition coefficient (Wildman–Crippen LogP) is 2.64. The monoisotopic (exact) mass is 395 g/mol. The van der Waals surface area contributed by atoms with E-state index < -0.39 is 30.3 Å². The van der Waals surface area contributed by atoms with Gasteiger partial charge in [0.2, 0.25) is 5.91 Å². The zero-order chi connectivity index (χ0) is 21.1. The van der Waals surface area contributed by atoms with Gasteiger partial charge in [-0.2, -0.15) is 0 Å². The van der Waals surface area contributed by atoms with Gasteiger partial charge < -0.3 is 10.1 Å². The average molecular weight is 395 g/mol. The molecule has 5 amide bonds. The fourth-order valence-corrected chi connectivity index (χ4v) is 2.94. The lowest BCUT2D eigenvalue weighted by atomic mass is 10.1. The van der Waals surface area contributed by atoms with E-state index in [-0.39, 0.29) is 5.69 Å². The normalized spacial score (nSPS) is 13.8. The van der Waals surface area contributed by atoms with Crippen molar-refractivity contribution in [3.05, 3.63) is 53.6 Å². The zero-order valence-corrected chi connectivity index (χ0v) is 16.4. The molecular formula is C21H21N3O5. The van der Waals surface area contributed by atoms with Crippen molar-refractivity contribution in [2.75, 3.05) is 23.4 Å². The number of aryl methyl sites for hydroxylation is 2. The van der Waals surface area contributed by atoms with Crippen LogP contribution in [0.1, 0.15) is 18.1 Å². The number of nitrogens with zero attached hydrogens (tertiary/aromatic N) is 2. The minimum absolute atomic E-state index is 0.162. The van der Waals surface area contributed by atoms with Crippen LogP contribution in [0.4, 0.5) is 16.2 Å². The van der Waals surface area contributed by atoms with E-state index in [4.69, 9.17) is 4.74 Å². The molecule has 1 aliphatic heterocycles. The first kappa shape index (κ1) is 20.1. The molecule has 1 N–H and O–H groups in total. The maximum atomic E-state index is 12.7. The van der Waals surface area contributed by atoms with Crippen LogP contribution in [0.5, 0.6) is 5.75 Å². The molecule has 150 valence electrons. The molecule has 1 heterocycles. The highest BCUT2D eigenvalue weighted by molar-refractivity contribution is 6.53. The third-order valence-electron chi connectivity index (χ3n) is 4.55. The minimum atomic E-state index is -1.06. The third-order valence-corrected chi connectivity index (χ3v) is 4.55. The number of hydrogen-bond acceptors (Lipinski definition) is 5. The van der Waals surface area contributed by atoms with Gasteiger partial charge in [0.25, 0.3) is 0 Å². The maximum Gasteiger partial charge on any atom is 0.339 e. The molecule has 0 aromatic heterocycles. The largest absolute Gasteiger partial charge is 0.492 e. The Morgan fingerprint density at radius 1 is 1.00 bits per heavy atom. The average Bonchev–Trinajstić information content (AvgIpc) is 2.89. The molecule has 2 aromatic rings. The summed E-state index contributed by atoms with van der Waals surface area (Å²) in [4.78, 5) is 51.2. The van der Waals surface area contributed by atoms with Crippen molar-refractivity contribution < 1.29 is 23.9 Å². The summed E-state index contributed by atoms with van der Waals surface area (Å²) in [5.41, 5.74) is 2.77. The molecule has 1 saturated heterocycles. The first-order valence-electron chi connectivity index (χ1n) is 9.12. The van der Waals surface area contributed by atoms with Crippen LogP contribution >= 0.6 is 0 Å². The van der Waals surface area contributed by atoms with E-state index in [1.807, 2.05) is 19.9 Å². The van der Waals surface area contributed by atoms with Crippen LogP contribution in [0.15, 0.2) is 42.5 Å². The minimum Gasteiger partial charge on any atom is -0.492 e. The maximum absolute atomic E-state index is 12.7. The van der Waals surface area contributed by atoms with E-state index >= 15 is 0 Å². The molecule has 0 spiro atoms. The summed E-state index contributed by atoms with van der Waals surface area (Å²) in [5.74, 6) is -2.37. The molecular weight excluding hydrogens is 374 g/mol. The quantitative estimate of drug-likeness (QED) is 0.599. The number of hydrogen-bond donors (Lipinski definition) is 1. The van der Waals surface area contributed by atoms with Crippen LogP contribution in [0.25, 0.3) is 0 Å². The molecule has 0 radical (unpaired) electrons. The van der Waals surface area contributed by atoms with Gasteiger partial charge in [0.05, 0.1) is 12.3 Å². The van der Waals surface area contributed by atoms with Gasteiger partial charge in [0.15, 0.2) is 0 Å². The van der Waals surface area contributed by atoms with Gasteiger partial charge in [-0.3, -0.25) is 14.4 Å². The second-order valence-electron chi connectivity index (χ2n) is 6.56. The van der Waals surface area contributed by atoms with Gasteiger partial charge in [-0.25, -0.2) is 14.6 Å². The zero-order valence-electron chi connectivity index (χ0n) is 16.4. The Balaban J connectivity index is 1.78. The lowest BCUT2D eigenvalue weighted by Gasteiger charge is -2.18.